The number of hydrogen-bond acceptors (Lipinski definition) is 5. The number of sulfonamides is 1. The van der Waals surface area contributed by atoms with Crippen LogP contribution in [0, 0.1) is 12.7 Å². The lowest BCUT2D eigenvalue weighted by molar-refractivity contribution is -0.123. The smallest absolute Gasteiger partial charge is 0.261 e. The van der Waals surface area contributed by atoms with Crippen LogP contribution in [-0.2, 0) is 21.2 Å². The van der Waals surface area contributed by atoms with Crippen LogP contribution in [0.15, 0.2) is 71.6 Å². The molecule has 33 heavy (non-hydrogen) atoms. The SMILES string of the molecule is COc1ccc(CCNC(=O)COc2ccc(S(=O)(=O)Nc3ccc(F)cc3)cc2C)cc1. The number of halogens is 1. The lowest BCUT2D eigenvalue weighted by Crippen LogP contribution is -2.30. The molecule has 0 aliphatic carbocycles. The fourth-order valence-corrected chi connectivity index (χ4v) is 4.16. The molecule has 3 aromatic carbocycles. The van der Waals surface area contributed by atoms with E-state index in [1.54, 1.807) is 14.0 Å². The second kappa shape index (κ2) is 10.8. The topological polar surface area (TPSA) is 93.7 Å². The molecule has 0 atom stereocenters. The lowest BCUT2D eigenvalue weighted by Gasteiger charge is -2.12. The number of benzene rings is 3. The molecule has 9 heteroatoms. The van der Waals surface area contributed by atoms with Gasteiger partial charge in [0.05, 0.1) is 12.0 Å². The van der Waals surface area contributed by atoms with E-state index in [1.807, 2.05) is 24.3 Å². The number of methoxy groups -OCH3 is 1. The number of carbonyl (C=O) groups excluding carboxylic acids is 1. The van der Waals surface area contributed by atoms with Gasteiger partial charge >= 0.3 is 0 Å². The Morgan fingerprint density at radius 2 is 1.70 bits per heavy atom. The van der Waals surface area contributed by atoms with E-state index >= 15 is 0 Å². The third-order valence-electron chi connectivity index (χ3n) is 4.81. The fraction of sp³-hybridized carbons (Fsp3) is 0.208. The fourth-order valence-electron chi connectivity index (χ4n) is 3.02. The van der Waals surface area contributed by atoms with Crippen molar-refractivity contribution in [3.05, 3.63) is 83.7 Å². The Bertz CT molecular complexity index is 1200. The quantitative estimate of drug-likeness (QED) is 0.470. The first-order valence-corrected chi connectivity index (χ1v) is 11.7. The summed E-state index contributed by atoms with van der Waals surface area (Å²) in [5.74, 6) is 0.440. The van der Waals surface area contributed by atoms with E-state index in [1.165, 1.54) is 42.5 Å². The molecular formula is C24H25FN2O5S. The molecule has 0 aromatic heterocycles. The first-order chi connectivity index (χ1) is 15.8. The zero-order valence-corrected chi connectivity index (χ0v) is 19.1. The summed E-state index contributed by atoms with van der Waals surface area (Å²) in [5.41, 5.74) is 1.88. The molecule has 0 saturated carbocycles. The summed E-state index contributed by atoms with van der Waals surface area (Å²) in [5, 5.41) is 2.79. The number of ether oxygens (including phenoxy) is 2. The molecule has 0 unspecified atom stereocenters. The van der Waals surface area contributed by atoms with Gasteiger partial charge in [-0.2, -0.15) is 0 Å². The van der Waals surface area contributed by atoms with Crippen molar-refractivity contribution in [3.63, 3.8) is 0 Å². The maximum Gasteiger partial charge on any atom is 0.261 e. The number of hydrogen-bond donors (Lipinski definition) is 2. The van der Waals surface area contributed by atoms with Gasteiger partial charge in [0.25, 0.3) is 15.9 Å². The summed E-state index contributed by atoms with van der Waals surface area (Å²) in [4.78, 5) is 12.1. The van der Waals surface area contributed by atoms with Crippen LogP contribution >= 0.6 is 0 Å². The number of nitrogens with one attached hydrogen (secondary N) is 2. The van der Waals surface area contributed by atoms with Crippen LogP contribution < -0.4 is 19.5 Å². The molecule has 0 bridgehead atoms. The Balaban J connectivity index is 1.50. The second-order valence-corrected chi connectivity index (χ2v) is 8.96. The van der Waals surface area contributed by atoms with Crippen LogP contribution in [-0.4, -0.2) is 34.6 Å². The van der Waals surface area contributed by atoms with Crippen LogP contribution in [0.5, 0.6) is 11.5 Å². The number of anilines is 1. The summed E-state index contributed by atoms with van der Waals surface area (Å²) in [6.07, 6.45) is 0.669. The van der Waals surface area contributed by atoms with Crippen LogP contribution in [0.1, 0.15) is 11.1 Å². The van der Waals surface area contributed by atoms with Crippen molar-refractivity contribution < 1.29 is 27.1 Å². The van der Waals surface area contributed by atoms with E-state index < -0.39 is 15.8 Å². The number of aryl methyl sites for hydroxylation is 1. The van der Waals surface area contributed by atoms with Crippen LogP contribution in [0.25, 0.3) is 0 Å². The Hall–Kier alpha value is -3.59. The van der Waals surface area contributed by atoms with E-state index in [9.17, 15) is 17.6 Å². The lowest BCUT2D eigenvalue weighted by atomic mass is 10.1. The predicted molar refractivity (Wildman–Crippen MR) is 124 cm³/mol. The van der Waals surface area contributed by atoms with Gasteiger partial charge in [-0.3, -0.25) is 9.52 Å². The molecule has 0 spiro atoms. The number of rotatable bonds is 10. The van der Waals surface area contributed by atoms with Crippen molar-refractivity contribution in [3.8, 4) is 11.5 Å². The second-order valence-electron chi connectivity index (χ2n) is 7.28. The van der Waals surface area contributed by atoms with Crippen molar-refractivity contribution in [2.75, 3.05) is 25.0 Å². The molecule has 0 aliphatic rings. The third-order valence-corrected chi connectivity index (χ3v) is 6.19. The van der Waals surface area contributed by atoms with Gasteiger partial charge < -0.3 is 14.8 Å². The van der Waals surface area contributed by atoms with E-state index in [4.69, 9.17) is 9.47 Å². The molecule has 0 radical (unpaired) electrons. The minimum Gasteiger partial charge on any atom is -0.497 e. The summed E-state index contributed by atoms with van der Waals surface area (Å²) < 4.78 is 51.2. The van der Waals surface area contributed by atoms with E-state index in [0.29, 0.717) is 24.3 Å². The summed E-state index contributed by atoms with van der Waals surface area (Å²) in [6.45, 7) is 1.96. The predicted octanol–water partition coefficient (Wildman–Crippen LogP) is 3.68. The normalized spacial score (nSPS) is 11.0. The summed E-state index contributed by atoms with van der Waals surface area (Å²) >= 11 is 0. The molecule has 0 heterocycles. The van der Waals surface area contributed by atoms with Crippen LogP contribution in [0.2, 0.25) is 0 Å². The Morgan fingerprint density at radius 3 is 2.33 bits per heavy atom. The zero-order valence-electron chi connectivity index (χ0n) is 18.3. The third kappa shape index (κ3) is 6.95. The highest BCUT2D eigenvalue weighted by Crippen LogP contribution is 2.23. The van der Waals surface area contributed by atoms with Gasteiger partial charge in [0.1, 0.15) is 17.3 Å². The van der Waals surface area contributed by atoms with Crippen LogP contribution in [0.4, 0.5) is 10.1 Å². The minimum atomic E-state index is -3.85. The molecule has 0 saturated heterocycles. The van der Waals surface area contributed by atoms with Gasteiger partial charge in [-0.25, -0.2) is 12.8 Å². The first kappa shape index (κ1) is 24.1. The largest absolute Gasteiger partial charge is 0.497 e. The molecule has 0 aliphatic heterocycles. The molecule has 0 fully saturated rings. The molecule has 1 amide bonds. The number of carbonyl (C=O) groups is 1. The van der Waals surface area contributed by atoms with E-state index in [0.717, 1.165) is 11.3 Å². The maximum atomic E-state index is 13.0. The van der Waals surface area contributed by atoms with Gasteiger partial charge in [0.15, 0.2) is 6.61 Å². The average molecular weight is 473 g/mol. The van der Waals surface area contributed by atoms with Crippen molar-refractivity contribution in [2.24, 2.45) is 0 Å². The molecule has 3 rings (SSSR count). The molecule has 7 nitrogen and oxygen atoms in total. The highest BCUT2D eigenvalue weighted by atomic mass is 32.2. The maximum absolute atomic E-state index is 13.0. The van der Waals surface area contributed by atoms with Gasteiger partial charge in [-0.05, 0) is 79.1 Å². The Morgan fingerprint density at radius 1 is 1.00 bits per heavy atom. The number of amides is 1. The van der Waals surface area contributed by atoms with Crippen molar-refractivity contribution in [2.45, 2.75) is 18.2 Å². The van der Waals surface area contributed by atoms with Gasteiger partial charge in [-0.15, -0.1) is 0 Å². The van der Waals surface area contributed by atoms with Gasteiger partial charge in [0, 0.05) is 12.2 Å². The summed E-state index contributed by atoms with van der Waals surface area (Å²) in [7, 11) is -2.25. The van der Waals surface area contributed by atoms with E-state index in [2.05, 4.69) is 10.0 Å². The van der Waals surface area contributed by atoms with Crippen LogP contribution in [0.3, 0.4) is 0 Å². The van der Waals surface area contributed by atoms with E-state index in [-0.39, 0.29) is 23.1 Å². The van der Waals surface area contributed by atoms with Gasteiger partial charge in [-0.1, -0.05) is 12.1 Å². The van der Waals surface area contributed by atoms with Crippen molar-refractivity contribution in [1.82, 2.24) is 5.32 Å². The van der Waals surface area contributed by atoms with Gasteiger partial charge in [0.2, 0.25) is 0 Å². The minimum absolute atomic E-state index is 0.0284. The van der Waals surface area contributed by atoms with Crippen molar-refractivity contribution >= 4 is 21.6 Å². The molecule has 174 valence electrons. The molecular weight excluding hydrogens is 447 g/mol. The molecule has 3 aromatic rings. The Labute approximate surface area is 192 Å². The standard InChI is InChI=1S/C24H25FN2O5S/c1-17-15-22(33(29,30)27-20-7-5-19(25)6-8-20)11-12-23(17)32-16-24(28)26-14-13-18-3-9-21(31-2)10-4-18/h3-12,15,27H,13-14,16H2,1-2H3,(H,26,28). The first-order valence-electron chi connectivity index (χ1n) is 10.2. The Kier molecular flexibility index (Phi) is 7.89. The monoisotopic (exact) mass is 472 g/mol. The molecule has 2 N–H and O–H groups in total. The zero-order chi connectivity index (χ0) is 23.8. The highest BCUT2D eigenvalue weighted by molar-refractivity contribution is 7.92. The highest BCUT2D eigenvalue weighted by Gasteiger charge is 2.16. The van der Waals surface area contributed by atoms with Crippen molar-refractivity contribution in [1.29, 1.82) is 0 Å². The average Bonchev–Trinajstić information content (AvgIpc) is 2.80. The summed E-state index contributed by atoms with van der Waals surface area (Å²) in [6, 6.07) is 16.9.